The molecule has 3 heterocycles. The predicted octanol–water partition coefficient (Wildman–Crippen LogP) is 2.25. The Kier molecular flexibility index (Phi) is 8.45. The largest absolute Gasteiger partial charge is 0.477 e. The summed E-state index contributed by atoms with van der Waals surface area (Å²) < 4.78 is 4.92. The molecule has 2 amide bonds. The van der Waals surface area contributed by atoms with Crippen LogP contribution in [-0.2, 0) is 35.4 Å². The Balaban J connectivity index is 1.51. The number of hydrogen-bond donors (Lipinski definition) is 3. The van der Waals surface area contributed by atoms with Crippen LogP contribution in [-0.4, -0.2) is 68.2 Å². The Morgan fingerprint density at radius 3 is 2.74 bits per heavy atom. The van der Waals surface area contributed by atoms with Gasteiger partial charge in [0.05, 0.1) is 0 Å². The Labute approximate surface area is 233 Å². The quantitative estimate of drug-likeness (QED) is 0.168. The summed E-state index contributed by atoms with van der Waals surface area (Å²) in [7, 11) is 0. The van der Waals surface area contributed by atoms with E-state index in [0.717, 1.165) is 16.2 Å². The fraction of sp³-hybridized carbons (Fsp3) is 0.273. The standard InChI is InChI=1S/C22H19Cl2N5O7S2/c1-9(30)35-5-11-7-37-20-16(19(32)29(20)17(11)21(33)34)27-18(31)15(14-8-38-22(25)26-14)28-36-6-10-4-12(23)2-3-13(10)24/h2-4,8,16,20H,5-7H2,1H3,(H2,25,26)(H,27,31)(H,33,34)/t16-,20-/m1/s1. The molecule has 4 N–H and O–H groups in total. The van der Waals surface area contributed by atoms with Crippen molar-refractivity contribution in [3.8, 4) is 0 Å². The lowest BCUT2D eigenvalue weighted by molar-refractivity contribution is -0.150. The zero-order valence-electron chi connectivity index (χ0n) is 19.5. The summed E-state index contributed by atoms with van der Waals surface area (Å²) in [6.07, 6.45) is 0. The summed E-state index contributed by atoms with van der Waals surface area (Å²) in [5.41, 5.74) is 6.13. The number of nitrogen functional groups attached to an aromatic ring is 1. The molecule has 38 heavy (non-hydrogen) atoms. The van der Waals surface area contributed by atoms with E-state index in [1.165, 1.54) is 24.1 Å². The Hall–Kier alpha value is -3.33. The lowest BCUT2D eigenvalue weighted by atomic mass is 10.0. The van der Waals surface area contributed by atoms with Crippen molar-refractivity contribution in [3.05, 3.63) is 56.2 Å². The number of esters is 1. The lowest BCUT2D eigenvalue weighted by Gasteiger charge is -2.49. The molecule has 200 valence electrons. The first-order valence-electron chi connectivity index (χ1n) is 10.8. The van der Waals surface area contributed by atoms with E-state index in [4.69, 9.17) is 38.5 Å². The number of carboxylic acids is 1. The normalized spacial score (nSPS) is 19.0. The molecular weight excluding hydrogens is 581 g/mol. The van der Waals surface area contributed by atoms with E-state index in [2.05, 4.69) is 15.5 Å². The van der Waals surface area contributed by atoms with Gasteiger partial charge in [0, 0.05) is 39.2 Å². The van der Waals surface area contributed by atoms with E-state index in [9.17, 15) is 24.3 Å². The summed E-state index contributed by atoms with van der Waals surface area (Å²) in [6.45, 7) is 0.832. The number of benzene rings is 1. The van der Waals surface area contributed by atoms with Crippen LogP contribution in [0.15, 0.2) is 40.0 Å². The molecule has 1 aromatic carbocycles. The smallest absolute Gasteiger partial charge is 0.352 e. The molecule has 2 aliphatic rings. The zero-order valence-corrected chi connectivity index (χ0v) is 22.6. The maximum Gasteiger partial charge on any atom is 0.352 e. The molecule has 0 spiro atoms. The zero-order chi connectivity index (χ0) is 27.6. The van der Waals surface area contributed by atoms with Gasteiger partial charge >= 0.3 is 11.9 Å². The number of rotatable bonds is 9. The lowest BCUT2D eigenvalue weighted by Crippen LogP contribution is -2.71. The number of anilines is 1. The third-order valence-corrected chi connectivity index (χ3v) is 7.97. The number of aliphatic carboxylic acids is 1. The number of hydrogen-bond acceptors (Lipinski definition) is 11. The molecule has 1 fully saturated rings. The van der Waals surface area contributed by atoms with E-state index >= 15 is 0 Å². The summed E-state index contributed by atoms with van der Waals surface area (Å²) in [6, 6.07) is 3.75. The average Bonchev–Trinajstić information content (AvgIpc) is 3.30. The maximum absolute atomic E-state index is 13.2. The van der Waals surface area contributed by atoms with Crippen molar-refractivity contribution in [2.75, 3.05) is 18.1 Å². The number of nitrogens with zero attached hydrogens (tertiary/aromatic N) is 3. The highest BCUT2D eigenvalue weighted by Crippen LogP contribution is 2.40. The van der Waals surface area contributed by atoms with Crippen LogP contribution in [0, 0.1) is 0 Å². The molecule has 0 unspecified atom stereocenters. The average molecular weight is 600 g/mol. The van der Waals surface area contributed by atoms with Crippen LogP contribution in [0.1, 0.15) is 18.2 Å². The summed E-state index contributed by atoms with van der Waals surface area (Å²) in [5, 5.41) is 18.0. The highest BCUT2D eigenvalue weighted by molar-refractivity contribution is 8.00. The fourth-order valence-corrected chi connectivity index (χ4v) is 5.86. The third-order valence-electron chi connectivity index (χ3n) is 5.35. The van der Waals surface area contributed by atoms with Crippen molar-refractivity contribution in [2.24, 2.45) is 5.16 Å². The van der Waals surface area contributed by atoms with Gasteiger partial charge in [-0.15, -0.1) is 23.1 Å². The van der Waals surface area contributed by atoms with Crippen LogP contribution in [0.3, 0.4) is 0 Å². The molecular formula is C22H19Cl2N5O7S2. The van der Waals surface area contributed by atoms with Gasteiger partial charge in [0.15, 0.2) is 10.8 Å². The van der Waals surface area contributed by atoms with Gasteiger partial charge in [0.25, 0.3) is 11.8 Å². The van der Waals surface area contributed by atoms with Gasteiger partial charge < -0.3 is 25.7 Å². The highest BCUT2D eigenvalue weighted by Gasteiger charge is 2.54. The second-order valence-electron chi connectivity index (χ2n) is 7.92. The van der Waals surface area contributed by atoms with Gasteiger partial charge in [-0.3, -0.25) is 19.3 Å². The van der Waals surface area contributed by atoms with Crippen LogP contribution in [0.5, 0.6) is 0 Å². The number of carbonyl (C=O) groups is 4. The van der Waals surface area contributed by atoms with E-state index in [1.807, 2.05) is 0 Å². The summed E-state index contributed by atoms with van der Waals surface area (Å²) in [5.74, 6) is -3.16. The van der Waals surface area contributed by atoms with Crippen LogP contribution >= 0.6 is 46.3 Å². The van der Waals surface area contributed by atoms with Crippen LogP contribution in [0.25, 0.3) is 0 Å². The maximum atomic E-state index is 13.2. The minimum atomic E-state index is -1.34. The predicted molar refractivity (Wildman–Crippen MR) is 141 cm³/mol. The number of amides is 2. The number of fused-ring (bicyclic) bond motifs is 1. The molecule has 0 aliphatic carbocycles. The van der Waals surface area contributed by atoms with Gasteiger partial charge in [0.1, 0.15) is 36.0 Å². The first-order valence-corrected chi connectivity index (χ1v) is 13.4. The van der Waals surface area contributed by atoms with Gasteiger partial charge in [-0.2, -0.15) is 0 Å². The van der Waals surface area contributed by atoms with Crippen molar-refractivity contribution in [3.63, 3.8) is 0 Å². The molecule has 12 nitrogen and oxygen atoms in total. The number of ether oxygens (including phenoxy) is 1. The second kappa shape index (κ2) is 11.6. The topological polar surface area (TPSA) is 174 Å². The highest BCUT2D eigenvalue weighted by atomic mass is 35.5. The summed E-state index contributed by atoms with van der Waals surface area (Å²) >= 11 is 14.4. The number of nitrogens with one attached hydrogen (secondary N) is 1. The molecule has 16 heteroatoms. The minimum absolute atomic E-state index is 0.109. The fourth-order valence-electron chi connectivity index (χ4n) is 3.61. The first-order chi connectivity index (χ1) is 18.1. The SMILES string of the molecule is CC(=O)OCC1=C(C(=O)O)N2C(=O)[C@@H](NC(=O)C(=NOCc3cc(Cl)ccc3Cl)c3csc(N)n3)[C@H]2SC1. The monoisotopic (exact) mass is 599 g/mol. The van der Waals surface area contributed by atoms with Crippen LogP contribution < -0.4 is 11.1 Å². The van der Waals surface area contributed by atoms with Crippen molar-refractivity contribution >= 4 is 80.9 Å². The van der Waals surface area contributed by atoms with Gasteiger partial charge in [-0.05, 0) is 18.2 Å². The van der Waals surface area contributed by atoms with Gasteiger partial charge in [-0.25, -0.2) is 9.78 Å². The number of carboxylic acid groups (broad SMARTS) is 1. The molecule has 1 saturated heterocycles. The number of oxime groups is 1. The van der Waals surface area contributed by atoms with Crippen molar-refractivity contribution in [1.82, 2.24) is 15.2 Å². The number of halogens is 2. The molecule has 1 aromatic heterocycles. The molecule has 4 rings (SSSR count). The molecule has 0 saturated carbocycles. The molecule has 2 aromatic rings. The number of aromatic nitrogens is 1. The van der Waals surface area contributed by atoms with Gasteiger partial charge in [0.2, 0.25) is 0 Å². The van der Waals surface area contributed by atoms with Gasteiger partial charge in [-0.1, -0.05) is 28.4 Å². The van der Waals surface area contributed by atoms with E-state index < -0.39 is 35.2 Å². The Morgan fingerprint density at radius 1 is 1.32 bits per heavy atom. The van der Waals surface area contributed by atoms with Crippen LogP contribution in [0.4, 0.5) is 5.13 Å². The molecule has 2 aliphatic heterocycles. The van der Waals surface area contributed by atoms with Crippen molar-refractivity contribution < 1.29 is 33.9 Å². The molecule has 2 atom stereocenters. The Morgan fingerprint density at radius 2 is 2.08 bits per heavy atom. The number of β-lactam (4-membered cyclic amide) rings is 1. The number of nitrogens with two attached hydrogens (primary N) is 1. The van der Waals surface area contributed by atoms with E-state index in [-0.39, 0.29) is 46.8 Å². The second-order valence-corrected chi connectivity index (χ2v) is 10.8. The number of thioether (sulfide) groups is 1. The molecule has 0 bridgehead atoms. The van der Waals surface area contributed by atoms with Crippen molar-refractivity contribution in [2.45, 2.75) is 24.9 Å². The van der Waals surface area contributed by atoms with Crippen LogP contribution in [0.2, 0.25) is 10.0 Å². The van der Waals surface area contributed by atoms with Crippen molar-refractivity contribution in [1.29, 1.82) is 0 Å². The first kappa shape index (κ1) is 27.7. The number of carbonyl (C=O) groups excluding carboxylic acids is 3. The van der Waals surface area contributed by atoms with E-state index in [0.29, 0.717) is 15.6 Å². The minimum Gasteiger partial charge on any atom is -0.477 e. The Bertz CT molecular complexity index is 1380. The van der Waals surface area contributed by atoms with E-state index in [1.54, 1.807) is 18.2 Å². The number of thiazole rings is 1. The summed E-state index contributed by atoms with van der Waals surface area (Å²) in [4.78, 5) is 59.6. The third kappa shape index (κ3) is 5.88. The molecule has 0 radical (unpaired) electrons.